The number of carbonyl (C=O) groups excluding carboxylic acids is 1. The maximum absolute atomic E-state index is 12.2. The van der Waals surface area contributed by atoms with Crippen molar-refractivity contribution in [2.45, 2.75) is 19.7 Å². The maximum atomic E-state index is 12.2. The number of nitrogens with one attached hydrogen (secondary N) is 1. The Labute approximate surface area is 139 Å². The fourth-order valence-corrected chi connectivity index (χ4v) is 2.69. The molecule has 0 saturated carbocycles. The smallest absolute Gasteiger partial charge is 0.240 e. The summed E-state index contributed by atoms with van der Waals surface area (Å²) in [5.74, 6) is -0.156. The Morgan fingerprint density at radius 1 is 1.00 bits per heavy atom. The molecule has 0 spiro atoms. The first-order valence-corrected chi connectivity index (χ1v) is 7.71. The summed E-state index contributed by atoms with van der Waals surface area (Å²) >= 11 is 0. The van der Waals surface area contributed by atoms with E-state index in [4.69, 9.17) is 0 Å². The van der Waals surface area contributed by atoms with E-state index in [2.05, 4.69) is 5.32 Å². The Hall–Kier alpha value is -2.92. The van der Waals surface area contributed by atoms with Crippen LogP contribution in [0.3, 0.4) is 0 Å². The molecule has 0 radical (unpaired) electrons. The zero-order valence-corrected chi connectivity index (χ0v) is 13.1. The van der Waals surface area contributed by atoms with Crippen molar-refractivity contribution in [2.75, 3.05) is 0 Å². The van der Waals surface area contributed by atoms with E-state index in [1.165, 1.54) is 6.07 Å². The summed E-state index contributed by atoms with van der Waals surface area (Å²) in [5, 5.41) is 12.8. The van der Waals surface area contributed by atoms with Crippen LogP contribution in [0.5, 0.6) is 0 Å². The predicted octanol–water partition coefficient (Wildman–Crippen LogP) is 1.81. The Morgan fingerprint density at radius 3 is 2.50 bits per heavy atom. The van der Waals surface area contributed by atoms with Crippen molar-refractivity contribution < 1.29 is 9.90 Å². The second kappa shape index (κ2) is 7.10. The number of aromatic nitrogens is 1. The van der Waals surface area contributed by atoms with Gasteiger partial charge in [0.2, 0.25) is 5.91 Å². The molecule has 3 rings (SSSR count). The van der Waals surface area contributed by atoms with E-state index < -0.39 is 0 Å². The van der Waals surface area contributed by atoms with Crippen molar-refractivity contribution in [3.63, 3.8) is 0 Å². The number of amides is 1. The number of para-hydroxylation sites is 1. The lowest BCUT2D eigenvalue weighted by Gasteiger charge is -2.12. The van der Waals surface area contributed by atoms with Crippen LogP contribution in [0.1, 0.15) is 11.1 Å². The van der Waals surface area contributed by atoms with E-state index >= 15 is 0 Å². The second-order valence-corrected chi connectivity index (χ2v) is 5.53. The molecular formula is C19H18N2O3. The van der Waals surface area contributed by atoms with Gasteiger partial charge >= 0.3 is 0 Å². The van der Waals surface area contributed by atoms with Crippen LogP contribution in [0.2, 0.25) is 0 Å². The van der Waals surface area contributed by atoms with Crippen molar-refractivity contribution in [1.29, 1.82) is 0 Å². The highest BCUT2D eigenvalue weighted by Gasteiger charge is 2.07. The van der Waals surface area contributed by atoms with Crippen molar-refractivity contribution >= 4 is 16.8 Å². The van der Waals surface area contributed by atoms with Crippen LogP contribution in [0.15, 0.2) is 65.6 Å². The van der Waals surface area contributed by atoms with Gasteiger partial charge in [0.15, 0.2) is 5.43 Å². The van der Waals surface area contributed by atoms with Gasteiger partial charge in [-0.15, -0.1) is 0 Å². The first kappa shape index (κ1) is 16.0. The van der Waals surface area contributed by atoms with Crippen molar-refractivity contribution in [3.8, 4) is 0 Å². The van der Waals surface area contributed by atoms with E-state index in [0.717, 1.165) is 16.6 Å². The number of rotatable bonds is 5. The quantitative estimate of drug-likeness (QED) is 0.752. The first-order valence-electron chi connectivity index (χ1n) is 7.71. The standard InChI is InChI=1S/C19H18N2O3/c22-13-15-6-2-1-5-14(15)11-20-19(24)12-21-10-9-18(23)16-7-3-4-8-17(16)21/h1-10,22H,11-13H2,(H,20,24). The van der Waals surface area contributed by atoms with Gasteiger partial charge in [0.25, 0.3) is 0 Å². The highest BCUT2D eigenvalue weighted by Crippen LogP contribution is 2.10. The van der Waals surface area contributed by atoms with Crippen LogP contribution in [-0.4, -0.2) is 15.6 Å². The number of aliphatic hydroxyl groups is 1. The molecule has 2 aromatic carbocycles. The highest BCUT2D eigenvalue weighted by molar-refractivity contribution is 5.82. The minimum Gasteiger partial charge on any atom is -0.392 e. The van der Waals surface area contributed by atoms with Gasteiger partial charge in [-0.25, -0.2) is 0 Å². The van der Waals surface area contributed by atoms with Crippen molar-refractivity contribution in [2.24, 2.45) is 0 Å². The summed E-state index contributed by atoms with van der Waals surface area (Å²) in [7, 11) is 0. The first-order chi connectivity index (χ1) is 11.7. The Bertz CT molecular complexity index is 931. The van der Waals surface area contributed by atoms with Crippen LogP contribution >= 0.6 is 0 Å². The molecule has 5 nitrogen and oxygen atoms in total. The zero-order chi connectivity index (χ0) is 16.9. The molecule has 1 heterocycles. The van der Waals surface area contributed by atoms with Gasteiger partial charge in [-0.2, -0.15) is 0 Å². The molecule has 0 aliphatic rings. The normalized spacial score (nSPS) is 10.7. The molecule has 0 fully saturated rings. The number of benzene rings is 2. The number of pyridine rings is 1. The van der Waals surface area contributed by atoms with Gasteiger partial charge in [0, 0.05) is 24.2 Å². The topological polar surface area (TPSA) is 71.3 Å². The number of nitrogens with zero attached hydrogens (tertiary/aromatic N) is 1. The number of aliphatic hydroxyl groups excluding tert-OH is 1. The summed E-state index contributed by atoms with van der Waals surface area (Å²) in [5.41, 5.74) is 2.36. The number of carbonyl (C=O) groups is 1. The van der Waals surface area contributed by atoms with Gasteiger partial charge in [0.05, 0.1) is 12.1 Å². The van der Waals surface area contributed by atoms with Gasteiger partial charge in [-0.1, -0.05) is 36.4 Å². The molecule has 0 saturated heterocycles. The van der Waals surface area contributed by atoms with E-state index in [9.17, 15) is 14.7 Å². The Balaban J connectivity index is 1.74. The van der Waals surface area contributed by atoms with Gasteiger partial charge in [0.1, 0.15) is 6.54 Å². The van der Waals surface area contributed by atoms with Crippen molar-refractivity contribution in [3.05, 3.63) is 82.1 Å². The molecule has 0 aliphatic carbocycles. The Morgan fingerprint density at radius 2 is 1.71 bits per heavy atom. The third-order valence-electron chi connectivity index (χ3n) is 3.96. The highest BCUT2D eigenvalue weighted by atomic mass is 16.3. The molecule has 24 heavy (non-hydrogen) atoms. The summed E-state index contributed by atoms with van der Waals surface area (Å²) < 4.78 is 1.75. The number of fused-ring (bicyclic) bond motifs is 1. The average molecular weight is 322 g/mol. The van der Waals surface area contributed by atoms with E-state index in [0.29, 0.717) is 11.9 Å². The summed E-state index contributed by atoms with van der Waals surface area (Å²) in [4.78, 5) is 24.1. The molecule has 2 N–H and O–H groups in total. The lowest BCUT2D eigenvalue weighted by molar-refractivity contribution is -0.121. The molecule has 0 unspecified atom stereocenters. The van der Waals surface area contributed by atoms with Crippen LogP contribution in [0, 0.1) is 0 Å². The average Bonchev–Trinajstić information content (AvgIpc) is 2.63. The molecule has 3 aromatic rings. The lowest BCUT2D eigenvalue weighted by Crippen LogP contribution is -2.28. The van der Waals surface area contributed by atoms with Gasteiger partial charge in [-0.05, 0) is 23.3 Å². The van der Waals surface area contributed by atoms with Crippen LogP contribution in [0.4, 0.5) is 0 Å². The Kier molecular flexibility index (Phi) is 4.72. The molecule has 0 atom stereocenters. The molecule has 5 heteroatoms. The molecular weight excluding hydrogens is 304 g/mol. The number of hydrogen-bond donors (Lipinski definition) is 2. The molecule has 0 bridgehead atoms. The molecule has 1 aromatic heterocycles. The summed E-state index contributed by atoms with van der Waals surface area (Å²) in [6, 6.07) is 16.1. The maximum Gasteiger partial charge on any atom is 0.240 e. The number of hydrogen-bond acceptors (Lipinski definition) is 3. The van der Waals surface area contributed by atoms with Crippen LogP contribution in [0.25, 0.3) is 10.9 Å². The molecule has 1 amide bonds. The lowest BCUT2D eigenvalue weighted by atomic mass is 10.1. The van der Waals surface area contributed by atoms with E-state index in [-0.39, 0.29) is 24.5 Å². The SMILES string of the molecule is O=C(Cn1ccc(=O)c2ccccc21)NCc1ccccc1CO. The molecule has 0 aliphatic heterocycles. The predicted molar refractivity (Wildman–Crippen MR) is 92.4 cm³/mol. The fourth-order valence-electron chi connectivity index (χ4n) is 2.69. The second-order valence-electron chi connectivity index (χ2n) is 5.53. The fraction of sp³-hybridized carbons (Fsp3) is 0.158. The van der Waals surface area contributed by atoms with E-state index in [1.54, 1.807) is 22.9 Å². The zero-order valence-electron chi connectivity index (χ0n) is 13.1. The minimum atomic E-state index is -0.156. The minimum absolute atomic E-state index is 0.0564. The summed E-state index contributed by atoms with van der Waals surface area (Å²) in [6.45, 7) is 0.423. The third kappa shape index (κ3) is 3.36. The summed E-state index contributed by atoms with van der Waals surface area (Å²) in [6.07, 6.45) is 1.63. The van der Waals surface area contributed by atoms with Crippen LogP contribution in [-0.2, 0) is 24.5 Å². The largest absolute Gasteiger partial charge is 0.392 e. The van der Waals surface area contributed by atoms with E-state index in [1.807, 2.05) is 36.4 Å². The monoisotopic (exact) mass is 322 g/mol. The third-order valence-corrected chi connectivity index (χ3v) is 3.96. The van der Waals surface area contributed by atoms with Crippen LogP contribution < -0.4 is 10.7 Å². The van der Waals surface area contributed by atoms with Gasteiger partial charge in [-0.3, -0.25) is 9.59 Å². The molecule has 122 valence electrons. The van der Waals surface area contributed by atoms with Gasteiger partial charge < -0.3 is 15.0 Å². The van der Waals surface area contributed by atoms with Crippen molar-refractivity contribution in [1.82, 2.24) is 9.88 Å².